The molecule has 1 N–H and O–H groups in total. The maximum Gasteiger partial charge on any atom is 0.208 e. The monoisotopic (exact) mass is 360 g/mol. The van der Waals surface area contributed by atoms with Gasteiger partial charge in [0.15, 0.2) is 28.8 Å². The van der Waals surface area contributed by atoms with Crippen molar-refractivity contribution in [1.29, 1.82) is 0 Å². The van der Waals surface area contributed by atoms with E-state index in [1.807, 2.05) is 0 Å². The summed E-state index contributed by atoms with van der Waals surface area (Å²) in [5.74, 6) is 1.52. The topological polar surface area (TPSA) is 83.5 Å². The average Bonchev–Trinajstić information content (AvgIpc) is 2.66. The van der Waals surface area contributed by atoms with E-state index in [4.69, 9.17) is 23.7 Å². The Balaban J connectivity index is 2.07. The fourth-order valence-electron chi connectivity index (χ4n) is 3.01. The van der Waals surface area contributed by atoms with Gasteiger partial charge in [-0.1, -0.05) is 6.07 Å². The first-order chi connectivity index (χ1) is 12.5. The first-order valence-corrected chi connectivity index (χ1v) is 7.93. The largest absolute Gasteiger partial charge is 0.504 e. The molecule has 26 heavy (non-hydrogen) atoms. The van der Waals surface area contributed by atoms with Crippen LogP contribution in [0.15, 0.2) is 24.3 Å². The highest BCUT2D eigenvalue weighted by Crippen LogP contribution is 2.50. The molecule has 7 nitrogen and oxygen atoms in total. The Morgan fingerprint density at radius 1 is 0.962 bits per heavy atom. The Morgan fingerprint density at radius 3 is 2.23 bits per heavy atom. The van der Waals surface area contributed by atoms with E-state index >= 15 is 0 Å². The van der Waals surface area contributed by atoms with Gasteiger partial charge >= 0.3 is 0 Å². The standard InChI is InChI=1S/C19H20O7/c1-22-14-6-5-10(7-13(14)21)15-9-12(20)11-8-16(23-2)18(24-3)19(25-4)17(11)26-15/h5-8,15,21H,9H2,1-4H3/t15-/m0/s1. The van der Waals surface area contributed by atoms with E-state index in [0.29, 0.717) is 34.1 Å². The molecule has 0 aromatic heterocycles. The highest BCUT2D eigenvalue weighted by atomic mass is 16.6. The highest BCUT2D eigenvalue weighted by Gasteiger charge is 2.34. The Kier molecular flexibility index (Phi) is 4.79. The summed E-state index contributed by atoms with van der Waals surface area (Å²) in [5, 5.41) is 10.0. The molecule has 1 aliphatic heterocycles. The number of phenolic OH excluding ortho intramolecular Hbond substituents is 1. The van der Waals surface area contributed by atoms with Crippen molar-refractivity contribution in [3.63, 3.8) is 0 Å². The second kappa shape index (κ2) is 7.03. The molecule has 1 aliphatic rings. The number of fused-ring (bicyclic) bond motifs is 1. The third-order valence-corrected chi connectivity index (χ3v) is 4.29. The average molecular weight is 360 g/mol. The number of hydrogen-bond donors (Lipinski definition) is 1. The predicted molar refractivity (Wildman–Crippen MR) is 93.1 cm³/mol. The molecule has 0 aliphatic carbocycles. The van der Waals surface area contributed by atoms with Crippen molar-refractivity contribution in [3.05, 3.63) is 35.4 Å². The molecule has 0 spiro atoms. The highest BCUT2D eigenvalue weighted by molar-refractivity contribution is 6.02. The molecule has 7 heteroatoms. The molecular formula is C19H20O7. The van der Waals surface area contributed by atoms with Gasteiger partial charge in [-0.2, -0.15) is 0 Å². The lowest BCUT2D eigenvalue weighted by Crippen LogP contribution is -2.21. The molecule has 0 fully saturated rings. The molecule has 1 heterocycles. The second-order valence-electron chi connectivity index (χ2n) is 5.69. The number of ether oxygens (including phenoxy) is 5. The summed E-state index contributed by atoms with van der Waals surface area (Å²) in [4.78, 5) is 12.7. The van der Waals surface area contributed by atoms with Crippen LogP contribution in [-0.4, -0.2) is 39.3 Å². The van der Waals surface area contributed by atoms with Crippen LogP contribution in [-0.2, 0) is 0 Å². The molecule has 3 rings (SSSR count). The van der Waals surface area contributed by atoms with Crippen molar-refractivity contribution < 1.29 is 33.6 Å². The van der Waals surface area contributed by atoms with Crippen LogP contribution < -0.4 is 23.7 Å². The van der Waals surface area contributed by atoms with E-state index in [1.54, 1.807) is 18.2 Å². The number of hydrogen-bond acceptors (Lipinski definition) is 7. The number of rotatable bonds is 5. The number of carbonyl (C=O) groups excluding carboxylic acids is 1. The van der Waals surface area contributed by atoms with E-state index in [2.05, 4.69) is 0 Å². The quantitative estimate of drug-likeness (QED) is 0.877. The first-order valence-electron chi connectivity index (χ1n) is 7.93. The maximum atomic E-state index is 12.7. The van der Waals surface area contributed by atoms with Gasteiger partial charge in [-0.05, 0) is 23.8 Å². The third-order valence-electron chi connectivity index (χ3n) is 4.29. The van der Waals surface area contributed by atoms with E-state index in [-0.39, 0.29) is 23.7 Å². The molecule has 0 bridgehead atoms. The van der Waals surface area contributed by atoms with Crippen LogP contribution in [0.3, 0.4) is 0 Å². The third kappa shape index (κ3) is 2.85. The zero-order valence-electron chi connectivity index (χ0n) is 15.0. The van der Waals surface area contributed by atoms with Gasteiger partial charge in [0.05, 0.1) is 40.4 Å². The molecule has 2 aromatic rings. The van der Waals surface area contributed by atoms with Crippen molar-refractivity contribution in [2.45, 2.75) is 12.5 Å². The number of methoxy groups -OCH3 is 4. The van der Waals surface area contributed by atoms with E-state index in [1.165, 1.54) is 34.5 Å². The summed E-state index contributed by atoms with van der Waals surface area (Å²) in [6.45, 7) is 0. The molecule has 138 valence electrons. The van der Waals surface area contributed by atoms with Gasteiger partial charge in [-0.25, -0.2) is 0 Å². The summed E-state index contributed by atoms with van der Waals surface area (Å²) >= 11 is 0. The Hall–Kier alpha value is -3.09. The van der Waals surface area contributed by atoms with E-state index in [0.717, 1.165) is 0 Å². The van der Waals surface area contributed by atoms with Gasteiger partial charge in [0.25, 0.3) is 0 Å². The second-order valence-corrected chi connectivity index (χ2v) is 5.69. The molecule has 0 saturated heterocycles. The number of benzene rings is 2. The normalized spacial score (nSPS) is 15.7. The number of ketones is 1. The zero-order valence-corrected chi connectivity index (χ0v) is 15.0. The van der Waals surface area contributed by atoms with Crippen LogP contribution >= 0.6 is 0 Å². The van der Waals surface area contributed by atoms with Gasteiger partial charge < -0.3 is 28.8 Å². The molecule has 1 atom stereocenters. The minimum atomic E-state index is -0.571. The van der Waals surface area contributed by atoms with Crippen LogP contribution in [0, 0.1) is 0 Å². The van der Waals surface area contributed by atoms with E-state index in [9.17, 15) is 9.90 Å². The first kappa shape index (κ1) is 17.7. The van der Waals surface area contributed by atoms with Gasteiger partial charge in [-0.3, -0.25) is 4.79 Å². The SMILES string of the molecule is COc1ccc([C@@H]2CC(=O)c3cc(OC)c(OC)c(OC)c3O2)cc1O. The van der Waals surface area contributed by atoms with Crippen molar-refractivity contribution in [1.82, 2.24) is 0 Å². The summed E-state index contributed by atoms with van der Waals surface area (Å²) in [7, 11) is 5.90. The fraction of sp³-hybridized carbons (Fsp3) is 0.316. The van der Waals surface area contributed by atoms with Crippen molar-refractivity contribution >= 4 is 5.78 Å². The summed E-state index contributed by atoms with van der Waals surface area (Å²) < 4.78 is 27.2. The van der Waals surface area contributed by atoms with Gasteiger partial charge in [-0.15, -0.1) is 0 Å². The molecule has 0 radical (unpaired) electrons. The lowest BCUT2D eigenvalue weighted by atomic mass is 9.95. The Bertz CT molecular complexity index is 844. The maximum absolute atomic E-state index is 12.7. The Morgan fingerprint density at radius 2 is 1.65 bits per heavy atom. The predicted octanol–water partition coefficient (Wildman–Crippen LogP) is 3.13. The lowest BCUT2D eigenvalue weighted by Gasteiger charge is -2.28. The minimum absolute atomic E-state index is 0.0221. The summed E-state index contributed by atoms with van der Waals surface area (Å²) in [6.07, 6.45) is -0.448. The van der Waals surface area contributed by atoms with Crippen molar-refractivity contribution in [2.75, 3.05) is 28.4 Å². The number of Topliss-reactive ketones (excluding diaryl/α,β-unsaturated/α-hetero) is 1. The molecular weight excluding hydrogens is 340 g/mol. The Labute approximate surface area is 151 Å². The minimum Gasteiger partial charge on any atom is -0.504 e. The number of phenols is 1. The van der Waals surface area contributed by atoms with Crippen molar-refractivity contribution in [2.24, 2.45) is 0 Å². The molecule has 2 aromatic carbocycles. The fourth-order valence-corrected chi connectivity index (χ4v) is 3.01. The van der Waals surface area contributed by atoms with Crippen LogP contribution in [0.1, 0.15) is 28.4 Å². The lowest BCUT2D eigenvalue weighted by molar-refractivity contribution is 0.0839. The van der Waals surface area contributed by atoms with Gasteiger partial charge in [0, 0.05) is 0 Å². The molecule has 0 unspecified atom stereocenters. The summed E-state index contributed by atoms with van der Waals surface area (Å²) in [6, 6.07) is 6.48. The molecule has 0 amide bonds. The number of aromatic hydroxyl groups is 1. The van der Waals surface area contributed by atoms with Crippen LogP contribution in [0.25, 0.3) is 0 Å². The smallest absolute Gasteiger partial charge is 0.208 e. The van der Waals surface area contributed by atoms with Crippen LogP contribution in [0.5, 0.6) is 34.5 Å². The summed E-state index contributed by atoms with van der Waals surface area (Å²) in [5.41, 5.74) is 1.02. The number of carbonyl (C=O) groups is 1. The van der Waals surface area contributed by atoms with Crippen LogP contribution in [0.2, 0.25) is 0 Å². The zero-order chi connectivity index (χ0) is 18.8. The van der Waals surface area contributed by atoms with Crippen molar-refractivity contribution in [3.8, 4) is 34.5 Å². The van der Waals surface area contributed by atoms with E-state index < -0.39 is 6.10 Å². The van der Waals surface area contributed by atoms with Gasteiger partial charge in [0.1, 0.15) is 6.10 Å². The van der Waals surface area contributed by atoms with Crippen LogP contribution in [0.4, 0.5) is 0 Å². The molecule has 0 saturated carbocycles. The van der Waals surface area contributed by atoms with Gasteiger partial charge in [0.2, 0.25) is 11.5 Å².